The van der Waals surface area contributed by atoms with Crippen LogP contribution < -0.4 is 10.6 Å². The second-order valence-corrected chi connectivity index (χ2v) is 5.55. The lowest BCUT2D eigenvalue weighted by atomic mass is 10.1. The van der Waals surface area contributed by atoms with E-state index in [9.17, 15) is 4.79 Å². The minimum absolute atomic E-state index is 0.000528. The number of aromatic nitrogens is 1. The van der Waals surface area contributed by atoms with Crippen molar-refractivity contribution in [3.05, 3.63) is 24.0 Å². The number of pyridine rings is 1. The number of carbonyl (C=O) groups excluding carboxylic acids is 1. The van der Waals surface area contributed by atoms with Crippen LogP contribution in [0.1, 0.15) is 44.1 Å². The maximum Gasteiger partial charge on any atom is 0.270 e. The van der Waals surface area contributed by atoms with E-state index in [4.69, 9.17) is 0 Å². The van der Waals surface area contributed by atoms with Crippen LogP contribution in [-0.4, -0.2) is 22.5 Å². The molecule has 1 saturated carbocycles. The molecule has 0 aliphatic heterocycles. The molecule has 0 unspecified atom stereocenters. The lowest BCUT2D eigenvalue weighted by Crippen LogP contribution is -2.27. The highest BCUT2D eigenvalue weighted by Gasteiger charge is 2.24. The summed E-state index contributed by atoms with van der Waals surface area (Å²) >= 11 is 0. The molecule has 1 aromatic heterocycles. The van der Waals surface area contributed by atoms with Gasteiger partial charge >= 0.3 is 0 Å². The molecule has 2 rings (SSSR count). The summed E-state index contributed by atoms with van der Waals surface area (Å²) in [6.45, 7) is 6.25. The van der Waals surface area contributed by atoms with Crippen molar-refractivity contribution in [3.8, 4) is 0 Å². The average molecular weight is 233 g/mol. The van der Waals surface area contributed by atoms with Crippen molar-refractivity contribution >= 4 is 11.6 Å². The smallest absolute Gasteiger partial charge is 0.270 e. The average Bonchev–Trinajstić information content (AvgIpc) is 3.00. The Morgan fingerprint density at radius 1 is 1.35 bits per heavy atom. The molecule has 0 aromatic carbocycles. The molecule has 1 heterocycles. The summed E-state index contributed by atoms with van der Waals surface area (Å²) < 4.78 is 0. The van der Waals surface area contributed by atoms with Gasteiger partial charge in [-0.25, -0.2) is 4.98 Å². The molecule has 1 amide bonds. The molecular weight excluding hydrogens is 214 g/mol. The molecule has 1 aliphatic rings. The van der Waals surface area contributed by atoms with Crippen molar-refractivity contribution in [1.82, 2.24) is 10.3 Å². The number of amides is 1. The lowest BCUT2D eigenvalue weighted by Gasteiger charge is -2.21. The Labute approximate surface area is 102 Å². The standard InChI is InChI=1S/C13H19N3O/c1-13(2,3)16-10-6-7-11(14-8-10)12(17)15-9-4-5-9/h6-9,16H,4-5H2,1-3H3,(H,15,17). The topological polar surface area (TPSA) is 54.0 Å². The van der Waals surface area contributed by atoms with Gasteiger partial charge in [0.15, 0.2) is 0 Å². The van der Waals surface area contributed by atoms with Gasteiger partial charge in [-0.1, -0.05) is 0 Å². The molecule has 0 spiro atoms. The zero-order valence-corrected chi connectivity index (χ0v) is 10.6. The molecule has 2 N–H and O–H groups in total. The fraction of sp³-hybridized carbons (Fsp3) is 0.538. The van der Waals surface area contributed by atoms with Crippen LogP contribution in [0.15, 0.2) is 18.3 Å². The van der Waals surface area contributed by atoms with Gasteiger partial charge < -0.3 is 10.6 Å². The molecule has 0 saturated heterocycles. The van der Waals surface area contributed by atoms with E-state index in [1.807, 2.05) is 6.07 Å². The van der Waals surface area contributed by atoms with Crippen LogP contribution in [0.25, 0.3) is 0 Å². The molecule has 1 aliphatic carbocycles. The van der Waals surface area contributed by atoms with E-state index in [0.29, 0.717) is 11.7 Å². The van der Waals surface area contributed by atoms with E-state index < -0.39 is 0 Å². The maximum absolute atomic E-state index is 11.7. The minimum atomic E-state index is -0.0743. The van der Waals surface area contributed by atoms with Crippen LogP contribution in [0.5, 0.6) is 0 Å². The molecular formula is C13H19N3O. The van der Waals surface area contributed by atoms with Gasteiger partial charge in [0, 0.05) is 11.6 Å². The second-order valence-electron chi connectivity index (χ2n) is 5.55. The Morgan fingerprint density at radius 2 is 2.06 bits per heavy atom. The predicted octanol–water partition coefficient (Wildman–Crippen LogP) is 2.18. The summed E-state index contributed by atoms with van der Waals surface area (Å²) in [5.41, 5.74) is 1.41. The summed E-state index contributed by atoms with van der Waals surface area (Å²) in [4.78, 5) is 15.9. The fourth-order valence-electron chi connectivity index (χ4n) is 1.52. The number of nitrogens with zero attached hydrogens (tertiary/aromatic N) is 1. The largest absolute Gasteiger partial charge is 0.379 e. The molecule has 4 heteroatoms. The van der Waals surface area contributed by atoms with E-state index in [2.05, 4.69) is 36.4 Å². The van der Waals surface area contributed by atoms with Crippen LogP contribution in [0.4, 0.5) is 5.69 Å². The summed E-state index contributed by atoms with van der Waals surface area (Å²) in [6.07, 6.45) is 3.89. The number of anilines is 1. The summed E-state index contributed by atoms with van der Waals surface area (Å²) in [7, 11) is 0. The van der Waals surface area contributed by atoms with Gasteiger partial charge in [0.2, 0.25) is 0 Å². The maximum atomic E-state index is 11.7. The number of nitrogens with one attached hydrogen (secondary N) is 2. The van der Waals surface area contributed by atoms with E-state index in [0.717, 1.165) is 18.5 Å². The molecule has 4 nitrogen and oxygen atoms in total. The van der Waals surface area contributed by atoms with Crippen molar-refractivity contribution in [1.29, 1.82) is 0 Å². The minimum Gasteiger partial charge on any atom is -0.379 e. The first-order valence-corrected chi connectivity index (χ1v) is 5.99. The summed E-state index contributed by atoms with van der Waals surface area (Å²) in [5.74, 6) is -0.0743. The second kappa shape index (κ2) is 4.35. The number of carbonyl (C=O) groups is 1. The number of hydrogen-bond donors (Lipinski definition) is 2. The fourth-order valence-corrected chi connectivity index (χ4v) is 1.52. The molecule has 0 atom stereocenters. The Hall–Kier alpha value is -1.58. The Morgan fingerprint density at radius 3 is 2.53 bits per heavy atom. The zero-order valence-electron chi connectivity index (χ0n) is 10.6. The first kappa shape index (κ1) is 11.9. The molecule has 1 aromatic rings. The van der Waals surface area contributed by atoms with E-state index in [1.54, 1.807) is 12.3 Å². The van der Waals surface area contributed by atoms with Gasteiger partial charge in [0.25, 0.3) is 5.91 Å². The summed E-state index contributed by atoms with van der Waals surface area (Å²) in [5, 5.41) is 6.22. The molecule has 1 fully saturated rings. The third-order valence-corrected chi connectivity index (χ3v) is 2.43. The van der Waals surface area contributed by atoms with Gasteiger partial charge in [-0.15, -0.1) is 0 Å². The molecule has 0 bridgehead atoms. The quantitative estimate of drug-likeness (QED) is 0.841. The van der Waals surface area contributed by atoms with E-state index >= 15 is 0 Å². The third kappa shape index (κ3) is 3.73. The van der Waals surface area contributed by atoms with Crippen molar-refractivity contribution in [2.75, 3.05) is 5.32 Å². The van der Waals surface area contributed by atoms with Crippen molar-refractivity contribution in [2.45, 2.75) is 45.2 Å². The normalized spacial score (nSPS) is 15.5. The van der Waals surface area contributed by atoms with Crippen LogP contribution in [0.3, 0.4) is 0 Å². The Kier molecular flexibility index (Phi) is 3.05. The van der Waals surface area contributed by atoms with Crippen LogP contribution in [0, 0.1) is 0 Å². The van der Waals surface area contributed by atoms with Gasteiger partial charge in [0.1, 0.15) is 5.69 Å². The predicted molar refractivity (Wildman–Crippen MR) is 68.1 cm³/mol. The lowest BCUT2D eigenvalue weighted by molar-refractivity contribution is 0.0946. The summed E-state index contributed by atoms with van der Waals surface area (Å²) in [6, 6.07) is 4.02. The highest BCUT2D eigenvalue weighted by atomic mass is 16.2. The van der Waals surface area contributed by atoms with Crippen molar-refractivity contribution in [3.63, 3.8) is 0 Å². The molecule has 92 valence electrons. The Bertz CT molecular complexity index is 402. The number of rotatable bonds is 3. The molecule has 17 heavy (non-hydrogen) atoms. The number of hydrogen-bond acceptors (Lipinski definition) is 3. The highest BCUT2D eigenvalue weighted by molar-refractivity contribution is 5.92. The van der Waals surface area contributed by atoms with Crippen LogP contribution in [-0.2, 0) is 0 Å². The van der Waals surface area contributed by atoms with Gasteiger partial charge in [-0.3, -0.25) is 4.79 Å². The van der Waals surface area contributed by atoms with Crippen LogP contribution >= 0.6 is 0 Å². The Balaban J connectivity index is 1.99. The van der Waals surface area contributed by atoms with Crippen LogP contribution in [0.2, 0.25) is 0 Å². The third-order valence-electron chi connectivity index (χ3n) is 2.43. The molecule has 0 radical (unpaired) electrons. The highest BCUT2D eigenvalue weighted by Crippen LogP contribution is 2.19. The first-order valence-electron chi connectivity index (χ1n) is 5.99. The van der Waals surface area contributed by atoms with Gasteiger partial charge in [-0.2, -0.15) is 0 Å². The van der Waals surface area contributed by atoms with Gasteiger partial charge in [0.05, 0.1) is 11.9 Å². The zero-order chi connectivity index (χ0) is 12.5. The SMILES string of the molecule is CC(C)(C)Nc1ccc(C(=O)NC2CC2)nc1. The van der Waals surface area contributed by atoms with Crippen molar-refractivity contribution < 1.29 is 4.79 Å². The first-order chi connectivity index (χ1) is 7.94. The van der Waals surface area contributed by atoms with E-state index in [-0.39, 0.29) is 11.4 Å². The van der Waals surface area contributed by atoms with Crippen molar-refractivity contribution in [2.24, 2.45) is 0 Å². The van der Waals surface area contributed by atoms with E-state index in [1.165, 1.54) is 0 Å². The van der Waals surface area contributed by atoms with Gasteiger partial charge in [-0.05, 0) is 45.7 Å². The monoisotopic (exact) mass is 233 g/mol.